The standard InChI is InChI=1S/C19H20Cl4N2/c1-3-24-11-25(4-2)19(15-8-6-13(21)10-17(15)23)18(24)14-7-5-12(20)9-16(14)22/h5-10,18-19H,3-4,11H2,1-2H3/t18-,19+. The Morgan fingerprint density at radius 2 is 1.16 bits per heavy atom. The van der Waals surface area contributed by atoms with Gasteiger partial charge >= 0.3 is 0 Å². The van der Waals surface area contributed by atoms with Gasteiger partial charge in [0.25, 0.3) is 0 Å². The van der Waals surface area contributed by atoms with Crippen LogP contribution >= 0.6 is 46.4 Å². The first-order valence-electron chi connectivity index (χ1n) is 8.34. The second kappa shape index (κ2) is 8.04. The first kappa shape index (κ1) is 19.3. The molecule has 25 heavy (non-hydrogen) atoms. The van der Waals surface area contributed by atoms with Crippen LogP contribution in [0, 0.1) is 0 Å². The summed E-state index contributed by atoms with van der Waals surface area (Å²) in [5.41, 5.74) is 2.14. The minimum Gasteiger partial charge on any atom is -0.282 e. The highest BCUT2D eigenvalue weighted by atomic mass is 35.5. The fourth-order valence-corrected chi connectivity index (χ4v) is 4.66. The smallest absolute Gasteiger partial charge is 0.0573 e. The number of halogens is 4. The van der Waals surface area contributed by atoms with Gasteiger partial charge in [0.1, 0.15) is 0 Å². The molecule has 1 saturated heterocycles. The maximum atomic E-state index is 6.56. The molecule has 0 amide bonds. The monoisotopic (exact) mass is 416 g/mol. The van der Waals surface area contributed by atoms with E-state index < -0.39 is 0 Å². The summed E-state index contributed by atoms with van der Waals surface area (Å²) in [5.74, 6) is 0. The van der Waals surface area contributed by atoms with Crippen molar-refractivity contribution in [2.75, 3.05) is 19.8 Å². The first-order chi connectivity index (χ1) is 12.0. The molecule has 0 saturated carbocycles. The van der Waals surface area contributed by atoms with E-state index in [1.54, 1.807) is 12.1 Å². The van der Waals surface area contributed by atoms with Gasteiger partial charge in [-0.3, -0.25) is 9.80 Å². The molecule has 0 radical (unpaired) electrons. The third kappa shape index (κ3) is 3.80. The van der Waals surface area contributed by atoms with Gasteiger partial charge in [0.15, 0.2) is 0 Å². The summed E-state index contributed by atoms with van der Waals surface area (Å²) in [4.78, 5) is 4.82. The molecule has 1 fully saturated rings. The molecule has 1 aliphatic heterocycles. The third-order valence-electron chi connectivity index (χ3n) is 4.82. The van der Waals surface area contributed by atoms with Crippen LogP contribution in [0.2, 0.25) is 20.1 Å². The van der Waals surface area contributed by atoms with Crippen LogP contribution in [-0.4, -0.2) is 29.6 Å². The highest BCUT2D eigenvalue weighted by Gasteiger charge is 2.42. The molecule has 0 unspecified atom stereocenters. The van der Waals surface area contributed by atoms with Crippen LogP contribution in [-0.2, 0) is 0 Å². The molecule has 2 atom stereocenters. The molecule has 134 valence electrons. The summed E-state index contributed by atoms with van der Waals surface area (Å²) < 4.78 is 0. The van der Waals surface area contributed by atoms with Crippen molar-refractivity contribution >= 4 is 46.4 Å². The fourth-order valence-electron chi connectivity index (χ4n) is 3.62. The highest BCUT2D eigenvalue weighted by molar-refractivity contribution is 6.35. The second-order valence-corrected chi connectivity index (χ2v) is 7.86. The van der Waals surface area contributed by atoms with Gasteiger partial charge in [0, 0.05) is 20.1 Å². The van der Waals surface area contributed by atoms with Gasteiger partial charge in [0.2, 0.25) is 0 Å². The molecule has 0 N–H and O–H groups in total. The molecule has 0 bridgehead atoms. The number of nitrogens with zero attached hydrogens (tertiary/aromatic N) is 2. The summed E-state index contributed by atoms with van der Waals surface area (Å²) in [7, 11) is 0. The van der Waals surface area contributed by atoms with E-state index in [-0.39, 0.29) is 12.1 Å². The van der Waals surface area contributed by atoms with Gasteiger partial charge in [-0.05, 0) is 48.5 Å². The lowest BCUT2D eigenvalue weighted by Gasteiger charge is -2.30. The molecule has 0 aromatic heterocycles. The molecule has 0 spiro atoms. The SMILES string of the molecule is CCN1CN(CC)[C@@H](c2ccc(Cl)cc2Cl)[C@H]1c1ccc(Cl)cc1Cl. The number of rotatable bonds is 4. The van der Waals surface area contributed by atoms with Crippen molar-refractivity contribution in [1.82, 2.24) is 9.80 Å². The molecule has 3 rings (SSSR count). The average molecular weight is 418 g/mol. The predicted molar refractivity (Wildman–Crippen MR) is 108 cm³/mol. The van der Waals surface area contributed by atoms with E-state index in [2.05, 4.69) is 23.6 Å². The van der Waals surface area contributed by atoms with Crippen LogP contribution in [0.15, 0.2) is 36.4 Å². The lowest BCUT2D eigenvalue weighted by Crippen LogP contribution is -2.26. The number of hydrogen-bond acceptors (Lipinski definition) is 2. The van der Waals surface area contributed by atoms with Crippen molar-refractivity contribution in [2.45, 2.75) is 25.9 Å². The Labute approximate surface area is 169 Å². The largest absolute Gasteiger partial charge is 0.282 e. The lowest BCUT2D eigenvalue weighted by atomic mass is 9.93. The van der Waals surface area contributed by atoms with Crippen molar-refractivity contribution in [3.8, 4) is 0 Å². The quantitative estimate of drug-likeness (QED) is 0.546. The minimum absolute atomic E-state index is 0.105. The predicted octanol–water partition coefficient (Wildman–Crippen LogP) is 6.70. The van der Waals surface area contributed by atoms with Gasteiger partial charge in [0.05, 0.1) is 18.8 Å². The van der Waals surface area contributed by atoms with Crippen LogP contribution in [0.5, 0.6) is 0 Å². The molecule has 2 aromatic carbocycles. The molecule has 1 aliphatic rings. The summed E-state index contributed by atoms with van der Waals surface area (Å²) in [6.45, 7) is 7.02. The summed E-state index contributed by atoms with van der Waals surface area (Å²) in [6.07, 6.45) is 0. The molecule has 2 nitrogen and oxygen atoms in total. The van der Waals surface area contributed by atoms with E-state index in [4.69, 9.17) is 46.4 Å². The molecule has 1 heterocycles. The Morgan fingerprint density at radius 3 is 1.48 bits per heavy atom. The highest BCUT2D eigenvalue weighted by Crippen LogP contribution is 2.47. The topological polar surface area (TPSA) is 6.48 Å². The van der Waals surface area contributed by atoms with Crippen LogP contribution in [0.3, 0.4) is 0 Å². The van der Waals surface area contributed by atoms with E-state index in [1.165, 1.54) is 0 Å². The van der Waals surface area contributed by atoms with Crippen LogP contribution in [0.25, 0.3) is 0 Å². The lowest BCUT2D eigenvalue weighted by molar-refractivity contribution is 0.232. The zero-order valence-corrected chi connectivity index (χ0v) is 17.2. The molecule has 6 heteroatoms. The van der Waals surface area contributed by atoms with Crippen molar-refractivity contribution < 1.29 is 0 Å². The van der Waals surface area contributed by atoms with Gasteiger partial charge < -0.3 is 0 Å². The van der Waals surface area contributed by atoms with Crippen molar-refractivity contribution in [3.63, 3.8) is 0 Å². The van der Waals surface area contributed by atoms with Crippen LogP contribution < -0.4 is 0 Å². The third-order valence-corrected chi connectivity index (χ3v) is 5.95. The Bertz CT molecular complexity index is 702. The summed E-state index contributed by atoms with van der Waals surface area (Å²) in [5, 5.41) is 2.65. The normalized spacial score (nSPS) is 21.8. The number of likely N-dealkylation sites (N-methyl/N-ethyl adjacent to an activating group) is 2. The van der Waals surface area contributed by atoms with Gasteiger partial charge in [-0.25, -0.2) is 0 Å². The zero-order chi connectivity index (χ0) is 18.1. The Kier molecular flexibility index (Phi) is 6.20. The maximum Gasteiger partial charge on any atom is 0.0573 e. The molecule has 2 aromatic rings. The van der Waals surface area contributed by atoms with Crippen LogP contribution in [0.1, 0.15) is 37.1 Å². The Balaban J connectivity index is 2.13. The number of benzene rings is 2. The Hall–Kier alpha value is -0.480. The van der Waals surface area contributed by atoms with Gasteiger partial charge in [-0.2, -0.15) is 0 Å². The Morgan fingerprint density at radius 1 is 0.760 bits per heavy atom. The van der Waals surface area contributed by atoms with E-state index in [0.717, 1.165) is 30.9 Å². The minimum atomic E-state index is 0.105. The summed E-state index contributed by atoms with van der Waals surface area (Å²) >= 11 is 25.3. The van der Waals surface area contributed by atoms with Crippen molar-refractivity contribution in [1.29, 1.82) is 0 Å². The van der Waals surface area contributed by atoms with Crippen molar-refractivity contribution in [3.05, 3.63) is 67.6 Å². The van der Waals surface area contributed by atoms with Gasteiger partial charge in [-0.1, -0.05) is 72.4 Å². The average Bonchev–Trinajstić information content (AvgIpc) is 2.93. The number of hydrogen-bond donors (Lipinski definition) is 0. The first-order valence-corrected chi connectivity index (χ1v) is 9.85. The van der Waals surface area contributed by atoms with E-state index in [9.17, 15) is 0 Å². The van der Waals surface area contributed by atoms with E-state index in [0.29, 0.717) is 20.1 Å². The molecule has 0 aliphatic carbocycles. The molecular weight excluding hydrogens is 398 g/mol. The molecular formula is C19H20Cl4N2. The summed E-state index contributed by atoms with van der Waals surface area (Å²) in [6, 6.07) is 11.7. The maximum absolute atomic E-state index is 6.56. The second-order valence-electron chi connectivity index (χ2n) is 6.17. The van der Waals surface area contributed by atoms with Crippen LogP contribution in [0.4, 0.5) is 0 Å². The van der Waals surface area contributed by atoms with Crippen molar-refractivity contribution in [2.24, 2.45) is 0 Å². The van der Waals surface area contributed by atoms with Gasteiger partial charge in [-0.15, -0.1) is 0 Å². The van der Waals surface area contributed by atoms with E-state index in [1.807, 2.05) is 24.3 Å². The van der Waals surface area contributed by atoms with E-state index >= 15 is 0 Å². The zero-order valence-electron chi connectivity index (χ0n) is 14.1. The fraction of sp³-hybridized carbons (Fsp3) is 0.368.